The van der Waals surface area contributed by atoms with Crippen molar-refractivity contribution in [3.05, 3.63) is 79.3 Å². The number of amidine groups is 1. The summed E-state index contributed by atoms with van der Waals surface area (Å²) in [5.41, 5.74) is 1.16. The maximum atomic E-state index is 12.8. The van der Waals surface area contributed by atoms with Crippen molar-refractivity contribution in [2.24, 2.45) is 0 Å². The summed E-state index contributed by atoms with van der Waals surface area (Å²) in [7, 11) is 0. The highest BCUT2D eigenvalue weighted by Gasteiger charge is 2.33. The highest BCUT2D eigenvalue weighted by Crippen LogP contribution is 2.38. The van der Waals surface area contributed by atoms with Gasteiger partial charge in [-0.1, -0.05) is 46.4 Å². The predicted octanol–water partition coefficient (Wildman–Crippen LogP) is 7.62. The number of amides is 1. The summed E-state index contributed by atoms with van der Waals surface area (Å²) in [6.45, 7) is 0. The second kappa shape index (κ2) is 8.09. The lowest BCUT2D eigenvalue weighted by Crippen LogP contribution is -2.27. The number of nitrogens with zero attached hydrogens (tertiary/aromatic N) is 1. The molecule has 2 heterocycles. The van der Waals surface area contributed by atoms with Crippen molar-refractivity contribution in [3.63, 3.8) is 0 Å². The van der Waals surface area contributed by atoms with Gasteiger partial charge in [0.25, 0.3) is 5.91 Å². The summed E-state index contributed by atoms with van der Waals surface area (Å²) >= 11 is 25.2. The number of halogens is 4. The molecule has 1 aliphatic heterocycles. The van der Waals surface area contributed by atoms with Gasteiger partial charge < -0.3 is 4.42 Å². The van der Waals surface area contributed by atoms with Crippen LogP contribution in [-0.4, -0.2) is 11.1 Å². The Morgan fingerprint density at radius 3 is 2.34 bits per heavy atom. The van der Waals surface area contributed by atoms with Crippen molar-refractivity contribution in [1.82, 2.24) is 0 Å². The smallest absolute Gasteiger partial charge is 0.271 e. The van der Waals surface area contributed by atoms with Crippen molar-refractivity contribution in [1.29, 1.82) is 5.41 Å². The van der Waals surface area contributed by atoms with Gasteiger partial charge in [0.2, 0.25) is 0 Å². The van der Waals surface area contributed by atoms with Crippen LogP contribution in [0.5, 0.6) is 0 Å². The first-order valence-corrected chi connectivity index (χ1v) is 10.5. The van der Waals surface area contributed by atoms with Crippen LogP contribution in [0.1, 0.15) is 5.76 Å². The van der Waals surface area contributed by atoms with Gasteiger partial charge in [0, 0.05) is 16.7 Å². The predicted molar refractivity (Wildman–Crippen MR) is 121 cm³/mol. The Bertz CT molecular complexity index is 1170. The molecule has 1 aliphatic rings. The third-order valence-corrected chi connectivity index (χ3v) is 6.26. The van der Waals surface area contributed by atoms with Gasteiger partial charge in [-0.05, 0) is 60.3 Å². The van der Waals surface area contributed by atoms with Crippen molar-refractivity contribution >= 4 is 81.0 Å². The molecule has 1 saturated heterocycles. The van der Waals surface area contributed by atoms with Gasteiger partial charge in [0.1, 0.15) is 11.5 Å². The fraction of sp³-hybridized carbons (Fsp3) is 0. The van der Waals surface area contributed by atoms with Crippen LogP contribution in [0.4, 0.5) is 5.69 Å². The van der Waals surface area contributed by atoms with Crippen LogP contribution in [0.25, 0.3) is 17.4 Å². The summed E-state index contributed by atoms with van der Waals surface area (Å²) in [6, 6.07) is 13.3. The molecule has 0 saturated carbocycles. The normalized spacial score (nSPS) is 15.6. The largest absolute Gasteiger partial charge is 0.457 e. The summed E-state index contributed by atoms with van der Waals surface area (Å²) in [6.07, 6.45) is 1.59. The summed E-state index contributed by atoms with van der Waals surface area (Å²) in [4.78, 5) is 14.5. The standard InChI is InChI=1S/C20H10Cl4N2O2S/c21-10-1-3-11(4-2-10)26-19(27)18(29-20(26)25)7-12-5-6-17(28-12)13-8-15(23)16(24)9-14(13)22/h1-9,25H/b18-7-,25-20?. The van der Waals surface area contributed by atoms with E-state index in [-0.39, 0.29) is 11.1 Å². The number of furan rings is 1. The van der Waals surface area contributed by atoms with Crippen molar-refractivity contribution < 1.29 is 9.21 Å². The molecule has 3 aromatic rings. The van der Waals surface area contributed by atoms with Crippen LogP contribution in [0.3, 0.4) is 0 Å². The van der Waals surface area contributed by atoms with Crippen LogP contribution in [-0.2, 0) is 4.79 Å². The van der Waals surface area contributed by atoms with Crippen LogP contribution >= 0.6 is 58.2 Å². The highest BCUT2D eigenvalue weighted by molar-refractivity contribution is 8.19. The van der Waals surface area contributed by atoms with Gasteiger partial charge in [-0.15, -0.1) is 0 Å². The molecule has 9 heteroatoms. The minimum absolute atomic E-state index is 0.0999. The molecule has 4 rings (SSSR count). The molecule has 29 heavy (non-hydrogen) atoms. The van der Waals surface area contributed by atoms with E-state index in [4.69, 9.17) is 56.2 Å². The molecule has 4 nitrogen and oxygen atoms in total. The third-order valence-electron chi connectivity index (χ3n) is 4.08. The second-order valence-electron chi connectivity index (χ2n) is 5.98. The molecule has 1 amide bonds. The minimum atomic E-state index is -0.312. The lowest BCUT2D eigenvalue weighted by molar-refractivity contribution is -0.113. The van der Waals surface area contributed by atoms with E-state index in [0.29, 0.717) is 47.8 Å². The van der Waals surface area contributed by atoms with Crippen LogP contribution in [0.15, 0.2) is 57.9 Å². The van der Waals surface area contributed by atoms with E-state index in [0.717, 1.165) is 11.8 Å². The maximum Gasteiger partial charge on any atom is 0.271 e. The van der Waals surface area contributed by atoms with E-state index in [1.165, 1.54) is 4.90 Å². The Hall–Kier alpha value is -1.89. The maximum absolute atomic E-state index is 12.8. The zero-order valence-corrected chi connectivity index (χ0v) is 18.2. The van der Waals surface area contributed by atoms with E-state index in [1.807, 2.05) is 0 Å². The average Bonchev–Trinajstić information content (AvgIpc) is 3.24. The van der Waals surface area contributed by atoms with Gasteiger partial charge in [0.15, 0.2) is 5.17 Å². The molecule has 1 N–H and O–H groups in total. The van der Waals surface area contributed by atoms with Gasteiger partial charge in [-0.3, -0.25) is 15.1 Å². The molecule has 1 aromatic heterocycles. The molecule has 0 atom stereocenters. The number of carbonyl (C=O) groups excluding carboxylic acids is 1. The Labute approximate surface area is 190 Å². The number of benzene rings is 2. The average molecular weight is 484 g/mol. The van der Waals surface area contributed by atoms with E-state index in [2.05, 4.69) is 0 Å². The van der Waals surface area contributed by atoms with E-state index >= 15 is 0 Å². The number of hydrogen-bond acceptors (Lipinski definition) is 4. The van der Waals surface area contributed by atoms with E-state index in [1.54, 1.807) is 54.6 Å². The summed E-state index contributed by atoms with van der Waals surface area (Å²) < 4.78 is 5.81. The van der Waals surface area contributed by atoms with Gasteiger partial charge in [0.05, 0.1) is 25.7 Å². The molecule has 0 aliphatic carbocycles. The SMILES string of the molecule is N=C1S/C(=C\c2ccc(-c3cc(Cl)c(Cl)cc3Cl)o2)C(=O)N1c1ccc(Cl)cc1. The molecular weight excluding hydrogens is 474 g/mol. The summed E-state index contributed by atoms with van der Waals surface area (Å²) in [5, 5.41) is 9.91. The molecule has 0 spiro atoms. The first-order valence-electron chi connectivity index (χ1n) is 8.16. The first-order chi connectivity index (χ1) is 13.8. The number of hydrogen-bond donors (Lipinski definition) is 1. The van der Waals surface area contributed by atoms with Gasteiger partial charge >= 0.3 is 0 Å². The van der Waals surface area contributed by atoms with Gasteiger partial charge in [-0.25, -0.2) is 0 Å². The Morgan fingerprint density at radius 2 is 1.62 bits per heavy atom. The fourth-order valence-electron chi connectivity index (χ4n) is 2.73. The molecule has 0 unspecified atom stereocenters. The van der Waals surface area contributed by atoms with Crippen molar-refractivity contribution in [2.45, 2.75) is 0 Å². The highest BCUT2D eigenvalue weighted by atomic mass is 35.5. The van der Waals surface area contributed by atoms with Crippen molar-refractivity contribution in [2.75, 3.05) is 4.90 Å². The van der Waals surface area contributed by atoms with Crippen LogP contribution < -0.4 is 4.90 Å². The number of rotatable bonds is 3. The molecule has 1 fully saturated rings. The molecule has 146 valence electrons. The molecule has 2 aromatic carbocycles. The Balaban J connectivity index is 1.63. The van der Waals surface area contributed by atoms with E-state index in [9.17, 15) is 4.79 Å². The topological polar surface area (TPSA) is 57.3 Å². The van der Waals surface area contributed by atoms with Crippen LogP contribution in [0.2, 0.25) is 20.1 Å². The van der Waals surface area contributed by atoms with Crippen molar-refractivity contribution in [3.8, 4) is 11.3 Å². The minimum Gasteiger partial charge on any atom is -0.457 e. The number of anilines is 1. The second-order valence-corrected chi connectivity index (χ2v) is 8.67. The first kappa shape index (κ1) is 20.4. The quantitative estimate of drug-likeness (QED) is 0.308. The lowest BCUT2D eigenvalue weighted by atomic mass is 10.2. The summed E-state index contributed by atoms with van der Waals surface area (Å²) in [5.74, 6) is 0.622. The zero-order valence-electron chi connectivity index (χ0n) is 14.4. The van der Waals surface area contributed by atoms with Gasteiger partial charge in [-0.2, -0.15) is 0 Å². The Kier molecular flexibility index (Phi) is 5.69. The number of carbonyl (C=O) groups is 1. The van der Waals surface area contributed by atoms with Crippen LogP contribution in [0, 0.1) is 5.41 Å². The monoisotopic (exact) mass is 482 g/mol. The fourth-order valence-corrected chi connectivity index (χ4v) is 4.34. The molecule has 0 bridgehead atoms. The number of nitrogens with one attached hydrogen (secondary N) is 1. The van der Waals surface area contributed by atoms with E-state index < -0.39 is 0 Å². The molecule has 0 radical (unpaired) electrons. The number of thioether (sulfide) groups is 1. The molecular formula is C20H10Cl4N2O2S. The third kappa shape index (κ3) is 4.06. The lowest BCUT2D eigenvalue weighted by Gasteiger charge is -2.14. The zero-order chi connectivity index (χ0) is 20.7. The Morgan fingerprint density at radius 1 is 0.931 bits per heavy atom.